The number of amides is 1. The van der Waals surface area contributed by atoms with E-state index in [1.807, 2.05) is 43.3 Å². The van der Waals surface area contributed by atoms with Crippen molar-refractivity contribution in [2.75, 3.05) is 12.4 Å². The summed E-state index contributed by atoms with van der Waals surface area (Å²) >= 11 is 1.54. The van der Waals surface area contributed by atoms with E-state index in [4.69, 9.17) is 4.74 Å². The highest BCUT2D eigenvalue weighted by Crippen LogP contribution is 2.36. The Bertz CT molecular complexity index is 1340. The van der Waals surface area contributed by atoms with Gasteiger partial charge >= 0.3 is 5.69 Å². The van der Waals surface area contributed by atoms with Gasteiger partial charge in [0.05, 0.1) is 23.8 Å². The van der Waals surface area contributed by atoms with Gasteiger partial charge in [0.25, 0.3) is 5.91 Å². The van der Waals surface area contributed by atoms with E-state index in [-0.39, 0.29) is 11.6 Å². The van der Waals surface area contributed by atoms with Crippen molar-refractivity contribution in [2.45, 2.75) is 16.7 Å². The Kier molecular flexibility index (Phi) is 5.61. The predicted octanol–water partition coefficient (Wildman–Crippen LogP) is 4.60. The summed E-state index contributed by atoms with van der Waals surface area (Å²) in [5, 5.41) is 3.02. The quantitative estimate of drug-likeness (QED) is 0.500. The van der Waals surface area contributed by atoms with Crippen molar-refractivity contribution >= 4 is 34.4 Å². The number of anilines is 1. The largest absolute Gasteiger partial charge is 0.497 e. The van der Waals surface area contributed by atoms with Crippen molar-refractivity contribution < 1.29 is 9.53 Å². The average molecular weight is 434 g/mol. The highest BCUT2D eigenvalue weighted by molar-refractivity contribution is 7.99. The summed E-state index contributed by atoms with van der Waals surface area (Å²) in [5.41, 5.74) is 3.76. The SMILES string of the molecule is COc1cccc(C(=O)Nc2cc3c(cc2Sc2ccc(C)cc2)n(C)c(=O)n3C)c1. The number of ether oxygens (including phenoxy) is 1. The van der Waals surface area contributed by atoms with Crippen LogP contribution in [0.2, 0.25) is 0 Å². The topological polar surface area (TPSA) is 65.3 Å². The van der Waals surface area contributed by atoms with E-state index >= 15 is 0 Å². The zero-order valence-corrected chi connectivity index (χ0v) is 18.6. The highest BCUT2D eigenvalue weighted by atomic mass is 32.2. The molecule has 0 aliphatic rings. The molecule has 4 rings (SSSR count). The fourth-order valence-corrected chi connectivity index (χ4v) is 4.32. The maximum atomic E-state index is 13.0. The highest BCUT2D eigenvalue weighted by Gasteiger charge is 2.16. The second-order valence-electron chi connectivity index (χ2n) is 7.34. The van der Waals surface area contributed by atoms with E-state index in [2.05, 4.69) is 5.32 Å². The lowest BCUT2D eigenvalue weighted by Gasteiger charge is -2.13. The lowest BCUT2D eigenvalue weighted by atomic mass is 10.2. The molecule has 0 radical (unpaired) electrons. The summed E-state index contributed by atoms with van der Waals surface area (Å²) in [7, 11) is 5.04. The van der Waals surface area contributed by atoms with Gasteiger partial charge in [-0.2, -0.15) is 0 Å². The van der Waals surface area contributed by atoms with Gasteiger partial charge in [-0.25, -0.2) is 4.79 Å². The number of imidazole rings is 1. The first-order chi connectivity index (χ1) is 14.9. The number of methoxy groups -OCH3 is 1. The van der Waals surface area contributed by atoms with E-state index < -0.39 is 0 Å². The number of rotatable bonds is 5. The van der Waals surface area contributed by atoms with Crippen LogP contribution in [0.15, 0.2) is 75.2 Å². The summed E-state index contributed by atoms with van der Waals surface area (Å²) < 4.78 is 8.43. The molecule has 31 heavy (non-hydrogen) atoms. The van der Waals surface area contributed by atoms with E-state index in [0.29, 0.717) is 17.0 Å². The minimum Gasteiger partial charge on any atom is -0.497 e. The van der Waals surface area contributed by atoms with Crippen molar-refractivity contribution in [1.29, 1.82) is 0 Å². The fraction of sp³-hybridized carbons (Fsp3) is 0.167. The van der Waals surface area contributed by atoms with E-state index in [1.54, 1.807) is 66.4 Å². The van der Waals surface area contributed by atoms with Gasteiger partial charge in [0.15, 0.2) is 0 Å². The van der Waals surface area contributed by atoms with E-state index in [0.717, 1.165) is 20.8 Å². The maximum absolute atomic E-state index is 13.0. The number of nitrogens with one attached hydrogen (secondary N) is 1. The number of hydrogen-bond donors (Lipinski definition) is 1. The molecule has 3 aromatic carbocycles. The minimum atomic E-state index is -0.245. The third-order valence-electron chi connectivity index (χ3n) is 5.20. The second-order valence-corrected chi connectivity index (χ2v) is 8.45. The monoisotopic (exact) mass is 433 g/mol. The smallest absolute Gasteiger partial charge is 0.328 e. The molecule has 0 unspecified atom stereocenters. The molecule has 0 atom stereocenters. The molecule has 7 heteroatoms. The Hall–Kier alpha value is -3.45. The first kappa shape index (κ1) is 20.8. The summed E-state index contributed by atoms with van der Waals surface area (Å²) in [6.45, 7) is 2.04. The predicted molar refractivity (Wildman–Crippen MR) is 124 cm³/mol. The average Bonchev–Trinajstić information content (AvgIpc) is 2.99. The standard InChI is InChI=1S/C24H23N3O3S/c1-15-8-10-18(11-9-15)31-22-14-21-20(26(2)24(29)27(21)3)13-19(22)25-23(28)16-6-5-7-17(12-16)30-4/h5-14H,1-4H3,(H,25,28). The Morgan fingerprint density at radius 2 is 1.65 bits per heavy atom. The van der Waals surface area contributed by atoms with Crippen LogP contribution in [0, 0.1) is 6.92 Å². The molecule has 0 spiro atoms. The molecule has 158 valence electrons. The fourth-order valence-electron chi connectivity index (χ4n) is 3.40. The minimum absolute atomic E-state index is 0.113. The first-order valence-corrected chi connectivity index (χ1v) is 10.6. The van der Waals surface area contributed by atoms with Crippen LogP contribution in [-0.2, 0) is 14.1 Å². The van der Waals surface area contributed by atoms with E-state index in [1.165, 1.54) is 5.56 Å². The molecule has 0 saturated carbocycles. The van der Waals surface area contributed by atoms with Crippen LogP contribution in [0.25, 0.3) is 11.0 Å². The number of carbonyl (C=O) groups is 1. The third kappa shape index (κ3) is 4.09. The van der Waals surface area contributed by atoms with Crippen molar-refractivity contribution in [3.8, 4) is 5.75 Å². The van der Waals surface area contributed by atoms with Crippen molar-refractivity contribution in [3.05, 3.63) is 82.3 Å². The summed E-state index contributed by atoms with van der Waals surface area (Å²) in [6, 6.07) is 19.0. The van der Waals surface area contributed by atoms with Crippen LogP contribution in [0.4, 0.5) is 5.69 Å². The van der Waals surface area contributed by atoms with Crippen LogP contribution < -0.4 is 15.7 Å². The Balaban J connectivity index is 1.79. The lowest BCUT2D eigenvalue weighted by Crippen LogP contribution is -2.19. The molecule has 0 bridgehead atoms. The Morgan fingerprint density at radius 1 is 0.968 bits per heavy atom. The zero-order valence-electron chi connectivity index (χ0n) is 17.8. The van der Waals surface area contributed by atoms with Crippen molar-refractivity contribution in [2.24, 2.45) is 14.1 Å². The van der Waals surface area contributed by atoms with Crippen LogP contribution >= 0.6 is 11.8 Å². The van der Waals surface area contributed by atoms with Gasteiger partial charge in [0.1, 0.15) is 5.75 Å². The molecule has 0 saturated heterocycles. The number of hydrogen-bond acceptors (Lipinski definition) is 4. The van der Waals surface area contributed by atoms with Crippen LogP contribution in [-0.4, -0.2) is 22.2 Å². The van der Waals surface area contributed by atoms with E-state index in [9.17, 15) is 9.59 Å². The summed E-state index contributed by atoms with van der Waals surface area (Å²) in [4.78, 5) is 27.3. The maximum Gasteiger partial charge on any atom is 0.328 e. The van der Waals surface area contributed by atoms with Crippen LogP contribution in [0.1, 0.15) is 15.9 Å². The number of carbonyl (C=O) groups excluding carboxylic acids is 1. The number of nitrogens with zero attached hydrogens (tertiary/aromatic N) is 2. The third-order valence-corrected chi connectivity index (χ3v) is 6.27. The number of benzene rings is 3. The van der Waals surface area contributed by atoms with Gasteiger partial charge in [-0.3, -0.25) is 13.9 Å². The molecule has 1 amide bonds. The number of aromatic nitrogens is 2. The van der Waals surface area contributed by atoms with Gasteiger partial charge in [-0.05, 0) is 49.4 Å². The number of fused-ring (bicyclic) bond motifs is 1. The molecule has 6 nitrogen and oxygen atoms in total. The van der Waals surface area contributed by atoms with Gasteiger partial charge in [0.2, 0.25) is 0 Å². The molecule has 1 aromatic heterocycles. The second kappa shape index (κ2) is 8.35. The Labute approximate surface area is 184 Å². The molecule has 0 fully saturated rings. The zero-order chi connectivity index (χ0) is 22.1. The molecule has 1 heterocycles. The van der Waals surface area contributed by atoms with Crippen LogP contribution in [0.3, 0.4) is 0 Å². The molecular formula is C24H23N3O3S. The van der Waals surface area contributed by atoms with Gasteiger partial charge in [-0.1, -0.05) is 35.5 Å². The summed E-state index contributed by atoms with van der Waals surface area (Å²) in [6.07, 6.45) is 0. The lowest BCUT2D eigenvalue weighted by molar-refractivity contribution is 0.102. The molecule has 1 N–H and O–H groups in total. The molecule has 0 aliphatic heterocycles. The van der Waals surface area contributed by atoms with Crippen molar-refractivity contribution in [1.82, 2.24) is 9.13 Å². The summed E-state index contributed by atoms with van der Waals surface area (Å²) in [5.74, 6) is 0.368. The number of aryl methyl sites for hydroxylation is 3. The normalized spacial score (nSPS) is 11.0. The van der Waals surface area contributed by atoms with Gasteiger partial charge < -0.3 is 10.1 Å². The van der Waals surface area contributed by atoms with Crippen molar-refractivity contribution in [3.63, 3.8) is 0 Å². The molecule has 0 aliphatic carbocycles. The molecular weight excluding hydrogens is 410 g/mol. The molecule has 4 aromatic rings. The van der Waals surface area contributed by atoms with Gasteiger partial charge in [0, 0.05) is 29.4 Å². The van der Waals surface area contributed by atoms with Gasteiger partial charge in [-0.15, -0.1) is 0 Å². The Morgan fingerprint density at radius 3 is 2.32 bits per heavy atom. The van der Waals surface area contributed by atoms with Crippen LogP contribution in [0.5, 0.6) is 5.75 Å². The first-order valence-electron chi connectivity index (χ1n) is 9.77.